The number of nitrogens with zero attached hydrogens (tertiary/aromatic N) is 7. The molecule has 1 fully saturated rings. The second-order valence-electron chi connectivity index (χ2n) is 8.19. The predicted molar refractivity (Wildman–Crippen MR) is 133 cm³/mol. The highest BCUT2D eigenvalue weighted by Gasteiger charge is 2.31. The largest absolute Gasteiger partial charge is 0.479 e. The molecule has 6 rings (SSSR count). The SMILES string of the molecule is COc1nc(N2CCNCC2)ccc1Nc1ncc2c(n1)N1CCN=C1C(c1ccccn1)=C2. The Morgan fingerprint density at radius 2 is 1.94 bits per heavy atom. The zero-order valence-corrected chi connectivity index (χ0v) is 18.9. The quantitative estimate of drug-likeness (QED) is 0.599. The first-order valence-corrected chi connectivity index (χ1v) is 11.4. The van der Waals surface area contributed by atoms with E-state index in [1.807, 2.05) is 36.5 Å². The van der Waals surface area contributed by atoms with Gasteiger partial charge in [0.1, 0.15) is 23.2 Å². The van der Waals surface area contributed by atoms with Crippen molar-refractivity contribution in [3.8, 4) is 5.88 Å². The minimum absolute atomic E-state index is 0.481. The van der Waals surface area contributed by atoms with Gasteiger partial charge < -0.3 is 25.2 Å². The van der Waals surface area contributed by atoms with Crippen LogP contribution in [0.15, 0.2) is 47.7 Å². The molecule has 0 aromatic carbocycles. The number of rotatable bonds is 5. The predicted octanol–water partition coefficient (Wildman–Crippen LogP) is 2.20. The Hall–Kier alpha value is -4.05. The van der Waals surface area contributed by atoms with Gasteiger partial charge in [0.05, 0.1) is 19.3 Å². The number of piperazine rings is 1. The number of pyridine rings is 2. The molecule has 0 bridgehead atoms. The van der Waals surface area contributed by atoms with Crippen molar-refractivity contribution in [1.29, 1.82) is 0 Å². The molecular weight excluding hydrogens is 430 g/mol. The van der Waals surface area contributed by atoms with Crippen molar-refractivity contribution in [3.63, 3.8) is 0 Å². The van der Waals surface area contributed by atoms with E-state index in [1.165, 1.54) is 0 Å². The first-order valence-electron chi connectivity index (χ1n) is 11.4. The molecule has 3 aromatic heterocycles. The fraction of sp³-hybridized carbons (Fsp3) is 0.292. The van der Waals surface area contributed by atoms with E-state index < -0.39 is 0 Å². The molecular formula is C24H25N9O. The van der Waals surface area contributed by atoms with Gasteiger partial charge >= 0.3 is 0 Å². The van der Waals surface area contributed by atoms with Crippen LogP contribution in [0.3, 0.4) is 0 Å². The maximum Gasteiger partial charge on any atom is 0.239 e. The Morgan fingerprint density at radius 3 is 2.76 bits per heavy atom. The van der Waals surface area contributed by atoms with E-state index in [2.05, 4.69) is 36.5 Å². The summed E-state index contributed by atoms with van der Waals surface area (Å²) in [4.78, 5) is 27.7. The molecule has 0 unspecified atom stereocenters. The summed E-state index contributed by atoms with van der Waals surface area (Å²) < 4.78 is 5.58. The van der Waals surface area contributed by atoms with Gasteiger partial charge in [0.25, 0.3) is 0 Å². The summed E-state index contributed by atoms with van der Waals surface area (Å²) in [5.74, 6) is 3.63. The average molecular weight is 456 g/mol. The molecule has 10 heteroatoms. The first kappa shape index (κ1) is 20.5. The van der Waals surface area contributed by atoms with Crippen LogP contribution in [-0.4, -0.2) is 72.1 Å². The number of nitrogens with one attached hydrogen (secondary N) is 2. The van der Waals surface area contributed by atoms with Crippen molar-refractivity contribution in [2.24, 2.45) is 4.99 Å². The Bertz CT molecular complexity index is 1270. The van der Waals surface area contributed by atoms with Crippen LogP contribution in [0.1, 0.15) is 11.3 Å². The summed E-state index contributed by atoms with van der Waals surface area (Å²) in [7, 11) is 1.62. The molecule has 3 aromatic rings. The highest BCUT2D eigenvalue weighted by Crippen LogP contribution is 2.35. The monoisotopic (exact) mass is 455 g/mol. The molecule has 3 aliphatic rings. The number of ether oxygens (including phenoxy) is 1. The number of aliphatic imine (C=N–C) groups is 1. The fourth-order valence-corrected chi connectivity index (χ4v) is 4.45. The topological polar surface area (TPSA) is 104 Å². The van der Waals surface area contributed by atoms with Gasteiger partial charge in [0, 0.05) is 56.3 Å². The number of aromatic nitrogens is 4. The standard InChI is InChI=1S/C24H25N9O/c1-34-23-19(5-6-20(30-23)32-11-8-25-9-12-32)29-24-28-15-16-14-17(18-4-2-3-7-26-18)22-27-10-13-33(22)21(16)31-24/h2-7,14-15,25H,8-13H2,1H3,(H,28,29,31). The van der Waals surface area contributed by atoms with Crippen molar-refractivity contribution in [2.75, 3.05) is 61.5 Å². The molecule has 1 saturated heterocycles. The van der Waals surface area contributed by atoms with E-state index in [-0.39, 0.29) is 0 Å². The van der Waals surface area contributed by atoms with Crippen LogP contribution >= 0.6 is 0 Å². The molecule has 2 N–H and O–H groups in total. The number of fused-ring (bicyclic) bond motifs is 3. The summed E-state index contributed by atoms with van der Waals surface area (Å²) in [5.41, 5.74) is 3.54. The molecule has 0 aliphatic carbocycles. The number of hydrogen-bond donors (Lipinski definition) is 2. The van der Waals surface area contributed by atoms with Gasteiger partial charge in [-0.3, -0.25) is 9.98 Å². The molecule has 0 atom stereocenters. The van der Waals surface area contributed by atoms with Gasteiger partial charge in [-0.15, -0.1) is 0 Å². The summed E-state index contributed by atoms with van der Waals surface area (Å²) in [6, 6.07) is 9.86. The lowest BCUT2D eigenvalue weighted by atomic mass is 10.0. The molecule has 10 nitrogen and oxygen atoms in total. The summed E-state index contributed by atoms with van der Waals surface area (Å²) >= 11 is 0. The van der Waals surface area contributed by atoms with Crippen LogP contribution in [0.4, 0.5) is 23.3 Å². The second-order valence-corrected chi connectivity index (χ2v) is 8.19. The average Bonchev–Trinajstić information content (AvgIpc) is 3.40. The molecule has 6 heterocycles. The molecule has 172 valence electrons. The summed E-state index contributed by atoms with van der Waals surface area (Å²) in [6.45, 7) is 5.23. The van der Waals surface area contributed by atoms with Crippen LogP contribution in [0, 0.1) is 0 Å². The van der Waals surface area contributed by atoms with Crippen molar-refractivity contribution >= 4 is 40.8 Å². The van der Waals surface area contributed by atoms with E-state index in [0.717, 1.165) is 79.3 Å². The van der Waals surface area contributed by atoms with E-state index in [9.17, 15) is 0 Å². The third-order valence-corrected chi connectivity index (χ3v) is 6.10. The lowest BCUT2D eigenvalue weighted by Gasteiger charge is -2.29. The van der Waals surface area contributed by atoms with Crippen molar-refractivity contribution in [3.05, 3.63) is 54.0 Å². The molecule has 3 aliphatic heterocycles. The number of hydrogen-bond acceptors (Lipinski definition) is 10. The second kappa shape index (κ2) is 8.71. The lowest BCUT2D eigenvalue weighted by molar-refractivity contribution is 0.399. The van der Waals surface area contributed by atoms with Gasteiger partial charge in [-0.1, -0.05) is 6.07 Å². The van der Waals surface area contributed by atoms with Gasteiger partial charge in [-0.05, 0) is 30.3 Å². The van der Waals surface area contributed by atoms with E-state index >= 15 is 0 Å². The van der Waals surface area contributed by atoms with Crippen molar-refractivity contribution < 1.29 is 4.74 Å². The van der Waals surface area contributed by atoms with E-state index in [4.69, 9.17) is 19.7 Å². The van der Waals surface area contributed by atoms with Gasteiger partial charge in [-0.2, -0.15) is 9.97 Å². The zero-order chi connectivity index (χ0) is 22.9. The summed E-state index contributed by atoms with van der Waals surface area (Å²) in [5, 5.41) is 6.65. The van der Waals surface area contributed by atoms with Gasteiger partial charge in [0.2, 0.25) is 11.8 Å². The van der Waals surface area contributed by atoms with Crippen LogP contribution < -0.4 is 25.2 Å². The molecule has 0 saturated carbocycles. The normalized spacial score (nSPS) is 17.0. The Labute approximate surface area is 197 Å². The molecule has 0 radical (unpaired) electrons. The van der Waals surface area contributed by atoms with Crippen molar-refractivity contribution in [1.82, 2.24) is 25.3 Å². The van der Waals surface area contributed by atoms with Crippen LogP contribution in [0.5, 0.6) is 5.88 Å². The zero-order valence-electron chi connectivity index (χ0n) is 18.9. The van der Waals surface area contributed by atoms with E-state index in [1.54, 1.807) is 13.3 Å². The van der Waals surface area contributed by atoms with Crippen LogP contribution in [0.2, 0.25) is 0 Å². The highest BCUT2D eigenvalue weighted by molar-refractivity contribution is 6.35. The van der Waals surface area contributed by atoms with Gasteiger partial charge in [0.15, 0.2) is 0 Å². The minimum Gasteiger partial charge on any atom is -0.479 e. The van der Waals surface area contributed by atoms with E-state index in [0.29, 0.717) is 11.8 Å². The molecule has 34 heavy (non-hydrogen) atoms. The highest BCUT2D eigenvalue weighted by atomic mass is 16.5. The molecule has 0 amide bonds. The Kier molecular flexibility index (Phi) is 5.27. The first-order chi connectivity index (χ1) is 16.8. The van der Waals surface area contributed by atoms with Gasteiger partial charge in [-0.25, -0.2) is 4.98 Å². The Balaban J connectivity index is 1.30. The maximum atomic E-state index is 5.58. The lowest BCUT2D eigenvalue weighted by Crippen LogP contribution is -2.43. The van der Waals surface area contributed by atoms with Crippen LogP contribution in [0.25, 0.3) is 11.6 Å². The summed E-state index contributed by atoms with van der Waals surface area (Å²) in [6.07, 6.45) is 5.69. The number of methoxy groups -OCH3 is 1. The van der Waals surface area contributed by atoms with Crippen molar-refractivity contribution in [2.45, 2.75) is 0 Å². The smallest absolute Gasteiger partial charge is 0.239 e. The van der Waals surface area contributed by atoms with Crippen LogP contribution in [-0.2, 0) is 0 Å². The maximum absolute atomic E-state index is 5.58. The Morgan fingerprint density at radius 1 is 1.03 bits per heavy atom. The minimum atomic E-state index is 0.481. The number of anilines is 4. The molecule has 0 spiro atoms. The number of amidine groups is 1. The third kappa shape index (κ3) is 3.71. The third-order valence-electron chi connectivity index (χ3n) is 6.10. The fourth-order valence-electron chi connectivity index (χ4n) is 4.45.